The smallest absolute Gasteiger partial charge is 0.390 e. The number of amides is 1. The number of hydrogen-bond donors (Lipinski definition) is 2. The summed E-state index contributed by atoms with van der Waals surface area (Å²) in [7, 11) is 0. The van der Waals surface area contributed by atoms with E-state index in [0.717, 1.165) is 10.9 Å². The van der Waals surface area contributed by atoms with Crippen LogP contribution in [0.25, 0.3) is 0 Å². The van der Waals surface area contributed by atoms with Crippen molar-refractivity contribution < 1.29 is 9.72 Å². The van der Waals surface area contributed by atoms with E-state index in [2.05, 4.69) is 15.7 Å². The van der Waals surface area contributed by atoms with Crippen LogP contribution < -0.4 is 10.7 Å². The molecule has 2 heterocycles. The summed E-state index contributed by atoms with van der Waals surface area (Å²) in [6.45, 7) is 3.38. The molecular weight excluding hydrogens is 202 g/mol. The molecule has 0 radical (unpaired) electrons. The summed E-state index contributed by atoms with van der Waals surface area (Å²) in [6, 6.07) is 0. The SMILES string of the molecule is CC1(C)NC(=O)c2cnc([N+](=O)[O-])n2N1. The van der Waals surface area contributed by atoms with Gasteiger partial charge in [0, 0.05) is 0 Å². The molecule has 2 rings (SSSR count). The quantitative estimate of drug-likeness (QED) is 0.495. The molecule has 0 bridgehead atoms. The molecule has 8 heteroatoms. The second-order valence-corrected chi connectivity index (χ2v) is 3.73. The van der Waals surface area contributed by atoms with Crippen molar-refractivity contribution in [2.75, 3.05) is 5.43 Å². The van der Waals surface area contributed by atoms with E-state index in [0.29, 0.717) is 0 Å². The van der Waals surface area contributed by atoms with Crippen LogP contribution in [-0.2, 0) is 0 Å². The second kappa shape index (κ2) is 2.69. The first-order chi connectivity index (χ1) is 6.91. The van der Waals surface area contributed by atoms with E-state index in [1.807, 2.05) is 0 Å². The summed E-state index contributed by atoms with van der Waals surface area (Å²) in [5, 5.41) is 13.2. The number of hydrogen-bond acceptors (Lipinski definition) is 5. The number of carbonyl (C=O) groups excluding carboxylic acids is 1. The van der Waals surface area contributed by atoms with Gasteiger partial charge in [0.05, 0.1) is 0 Å². The van der Waals surface area contributed by atoms with E-state index in [-0.39, 0.29) is 11.6 Å². The van der Waals surface area contributed by atoms with Crippen LogP contribution in [0.1, 0.15) is 24.3 Å². The third-order valence-electron chi connectivity index (χ3n) is 1.96. The van der Waals surface area contributed by atoms with Crippen molar-refractivity contribution >= 4 is 11.9 Å². The summed E-state index contributed by atoms with van der Waals surface area (Å²) < 4.78 is 1.08. The minimum absolute atomic E-state index is 0.126. The number of aromatic nitrogens is 2. The van der Waals surface area contributed by atoms with Gasteiger partial charge in [0.1, 0.15) is 5.66 Å². The van der Waals surface area contributed by atoms with Crippen molar-refractivity contribution in [2.24, 2.45) is 0 Å². The molecule has 1 aromatic heterocycles. The van der Waals surface area contributed by atoms with Crippen LogP contribution in [0.3, 0.4) is 0 Å². The lowest BCUT2D eigenvalue weighted by Gasteiger charge is -2.30. The van der Waals surface area contributed by atoms with Crippen molar-refractivity contribution in [3.05, 3.63) is 22.0 Å². The molecule has 0 aliphatic carbocycles. The molecule has 2 N–H and O–H groups in total. The number of rotatable bonds is 1. The molecule has 1 aromatic rings. The van der Waals surface area contributed by atoms with Crippen LogP contribution in [0.4, 0.5) is 5.95 Å². The Bertz CT molecular complexity index is 436. The molecule has 1 aliphatic heterocycles. The molecule has 0 spiro atoms. The van der Waals surface area contributed by atoms with Gasteiger partial charge in [-0.2, -0.15) is 0 Å². The Balaban J connectivity index is 2.54. The number of carbonyl (C=O) groups is 1. The standard InChI is InChI=1S/C7H9N5O3/c1-7(2)9-5(13)4-3-8-6(12(14)15)11(4)10-7/h3,10H,1-2H3,(H,9,13). The summed E-state index contributed by atoms with van der Waals surface area (Å²) >= 11 is 0. The Morgan fingerprint density at radius 2 is 2.27 bits per heavy atom. The van der Waals surface area contributed by atoms with Gasteiger partial charge in [-0.15, -0.1) is 4.68 Å². The van der Waals surface area contributed by atoms with Gasteiger partial charge in [0.15, 0.2) is 6.20 Å². The van der Waals surface area contributed by atoms with Gasteiger partial charge in [-0.05, 0) is 18.8 Å². The van der Waals surface area contributed by atoms with Crippen molar-refractivity contribution in [3.8, 4) is 0 Å². The van der Waals surface area contributed by atoms with Gasteiger partial charge in [0.2, 0.25) is 5.69 Å². The van der Waals surface area contributed by atoms with Crippen molar-refractivity contribution in [3.63, 3.8) is 0 Å². The average molecular weight is 211 g/mol. The van der Waals surface area contributed by atoms with E-state index < -0.39 is 16.5 Å². The zero-order valence-corrected chi connectivity index (χ0v) is 8.14. The third-order valence-corrected chi connectivity index (χ3v) is 1.96. The fraction of sp³-hybridized carbons (Fsp3) is 0.429. The van der Waals surface area contributed by atoms with Crippen LogP contribution in [0, 0.1) is 10.1 Å². The Hall–Kier alpha value is -2.12. The molecule has 1 aliphatic rings. The maximum atomic E-state index is 11.5. The molecule has 0 saturated heterocycles. The zero-order valence-electron chi connectivity index (χ0n) is 8.14. The predicted molar refractivity (Wildman–Crippen MR) is 49.8 cm³/mol. The molecule has 8 nitrogen and oxygen atoms in total. The highest BCUT2D eigenvalue weighted by Crippen LogP contribution is 2.17. The number of nitrogens with one attached hydrogen (secondary N) is 2. The number of nitrogens with zero attached hydrogens (tertiary/aromatic N) is 3. The van der Waals surface area contributed by atoms with Gasteiger partial charge < -0.3 is 15.4 Å². The van der Waals surface area contributed by atoms with Crippen LogP contribution >= 0.6 is 0 Å². The van der Waals surface area contributed by atoms with Crippen LogP contribution in [0.5, 0.6) is 0 Å². The van der Waals surface area contributed by atoms with Crippen molar-refractivity contribution in [1.29, 1.82) is 0 Å². The Morgan fingerprint density at radius 3 is 2.87 bits per heavy atom. The van der Waals surface area contributed by atoms with Gasteiger partial charge in [-0.1, -0.05) is 4.98 Å². The minimum Gasteiger partial charge on any atom is -0.390 e. The maximum Gasteiger partial charge on any atom is 0.457 e. The highest BCUT2D eigenvalue weighted by atomic mass is 16.6. The van der Waals surface area contributed by atoms with E-state index in [9.17, 15) is 14.9 Å². The Labute approximate surface area is 84.4 Å². The lowest BCUT2D eigenvalue weighted by Crippen LogP contribution is -2.57. The summed E-state index contributed by atoms with van der Waals surface area (Å²) in [5.74, 6) is -0.785. The van der Waals surface area contributed by atoms with E-state index in [1.165, 1.54) is 0 Å². The highest BCUT2D eigenvalue weighted by molar-refractivity contribution is 5.94. The third kappa shape index (κ3) is 1.39. The molecule has 15 heavy (non-hydrogen) atoms. The lowest BCUT2D eigenvalue weighted by atomic mass is 10.2. The molecule has 0 unspecified atom stereocenters. The first-order valence-corrected chi connectivity index (χ1v) is 4.23. The Morgan fingerprint density at radius 1 is 1.60 bits per heavy atom. The second-order valence-electron chi connectivity index (χ2n) is 3.73. The van der Waals surface area contributed by atoms with Crippen LogP contribution in [-0.4, -0.2) is 26.2 Å². The van der Waals surface area contributed by atoms with E-state index in [1.54, 1.807) is 13.8 Å². The molecule has 0 saturated carbocycles. The highest BCUT2D eigenvalue weighted by Gasteiger charge is 2.37. The fourth-order valence-corrected chi connectivity index (χ4v) is 1.40. The topological polar surface area (TPSA) is 102 Å². The molecular formula is C7H9N5O3. The van der Waals surface area contributed by atoms with Crippen LogP contribution in [0.15, 0.2) is 6.20 Å². The average Bonchev–Trinajstić information content (AvgIpc) is 2.45. The molecule has 1 amide bonds. The number of nitro groups is 1. The largest absolute Gasteiger partial charge is 0.457 e. The minimum atomic E-state index is -0.741. The predicted octanol–water partition coefficient (Wildman–Crippen LogP) is -0.186. The van der Waals surface area contributed by atoms with Gasteiger partial charge in [-0.25, -0.2) is 0 Å². The van der Waals surface area contributed by atoms with E-state index >= 15 is 0 Å². The summed E-state index contributed by atoms with van der Waals surface area (Å²) in [6.07, 6.45) is 1.16. The number of imidazole rings is 1. The monoisotopic (exact) mass is 211 g/mol. The van der Waals surface area contributed by atoms with Crippen LogP contribution in [0.2, 0.25) is 0 Å². The lowest BCUT2D eigenvalue weighted by molar-refractivity contribution is -0.396. The van der Waals surface area contributed by atoms with E-state index in [4.69, 9.17) is 0 Å². The first-order valence-electron chi connectivity index (χ1n) is 4.23. The first kappa shape index (κ1) is 9.44. The summed E-state index contributed by atoms with van der Waals surface area (Å²) in [5.41, 5.74) is 2.16. The van der Waals surface area contributed by atoms with Crippen molar-refractivity contribution in [2.45, 2.75) is 19.5 Å². The fourth-order valence-electron chi connectivity index (χ4n) is 1.40. The van der Waals surface area contributed by atoms with Crippen molar-refractivity contribution in [1.82, 2.24) is 15.0 Å². The normalized spacial score (nSPS) is 17.6. The molecule has 0 aromatic carbocycles. The van der Waals surface area contributed by atoms with Gasteiger partial charge in [0.25, 0.3) is 5.91 Å². The number of fused-ring (bicyclic) bond motifs is 1. The Kier molecular flexibility index (Phi) is 1.69. The van der Waals surface area contributed by atoms with Gasteiger partial charge in [-0.3, -0.25) is 10.2 Å². The molecule has 0 fully saturated rings. The zero-order chi connectivity index (χ0) is 11.2. The maximum absolute atomic E-state index is 11.5. The van der Waals surface area contributed by atoms with Gasteiger partial charge >= 0.3 is 5.95 Å². The summed E-state index contributed by atoms with van der Waals surface area (Å²) in [4.78, 5) is 25.0. The molecule has 80 valence electrons. The molecule has 0 atom stereocenters.